The van der Waals surface area contributed by atoms with Crippen LogP contribution in [-0.4, -0.2) is 41.9 Å². The maximum Gasteiger partial charge on any atom is 0.310 e. The molecule has 0 heterocycles. The second-order valence-corrected chi connectivity index (χ2v) is 8.16. The van der Waals surface area contributed by atoms with Crippen LogP contribution >= 0.6 is 0 Å². The molecule has 0 radical (unpaired) electrons. The van der Waals surface area contributed by atoms with Gasteiger partial charge in [-0.25, -0.2) is 8.42 Å². The van der Waals surface area contributed by atoms with E-state index in [0.29, 0.717) is 0 Å². The van der Waals surface area contributed by atoms with E-state index < -0.39 is 31.2 Å². The monoisotopic (exact) mass is 320 g/mol. The number of hydrogen-bond acceptors (Lipinski definition) is 6. The summed E-state index contributed by atoms with van der Waals surface area (Å²) in [6, 6.07) is 4.05. The summed E-state index contributed by atoms with van der Waals surface area (Å²) in [6.07, 6.45) is 2.45. The molecular weight excluding hydrogens is 304 g/mol. The first-order valence-electron chi connectivity index (χ1n) is 5.68. The molecule has 0 bridgehead atoms. The maximum absolute atomic E-state index is 11.6. The van der Waals surface area contributed by atoms with E-state index in [-0.39, 0.29) is 22.4 Å². The predicted molar refractivity (Wildman–Crippen MR) is 78.2 cm³/mol. The van der Waals surface area contributed by atoms with Crippen LogP contribution in [0.5, 0.6) is 0 Å². The van der Waals surface area contributed by atoms with Gasteiger partial charge in [0.1, 0.15) is 10.6 Å². The molecule has 112 valence electrons. The van der Waals surface area contributed by atoms with Crippen molar-refractivity contribution in [2.45, 2.75) is 17.1 Å². The summed E-state index contributed by atoms with van der Waals surface area (Å²) in [6.45, 7) is 1.98. The van der Waals surface area contributed by atoms with Crippen molar-refractivity contribution >= 4 is 32.0 Å². The molecule has 0 spiro atoms. The quantitative estimate of drug-likeness (QED) is 0.623. The van der Waals surface area contributed by atoms with Crippen molar-refractivity contribution in [2.75, 3.05) is 24.4 Å². The molecule has 20 heavy (non-hydrogen) atoms. The highest BCUT2D eigenvalue weighted by Gasteiger charge is 2.26. The summed E-state index contributed by atoms with van der Waals surface area (Å²) >= 11 is 0. The summed E-state index contributed by atoms with van der Waals surface area (Å²) in [4.78, 5) is 10.0. The van der Waals surface area contributed by atoms with Crippen molar-refractivity contribution in [1.29, 1.82) is 0 Å². The van der Waals surface area contributed by atoms with Crippen molar-refractivity contribution in [2.24, 2.45) is 0 Å². The van der Waals surface area contributed by atoms with Crippen molar-refractivity contribution in [3.8, 4) is 0 Å². The van der Waals surface area contributed by atoms with Gasteiger partial charge in [-0.2, -0.15) is 0 Å². The Labute approximate surface area is 119 Å². The van der Waals surface area contributed by atoms with E-state index in [4.69, 9.17) is 0 Å². The van der Waals surface area contributed by atoms with Gasteiger partial charge in [-0.05, 0) is 19.1 Å². The van der Waals surface area contributed by atoms with Crippen LogP contribution in [-0.2, 0) is 20.6 Å². The molecule has 7 nitrogen and oxygen atoms in total. The van der Waals surface area contributed by atoms with Crippen molar-refractivity contribution < 1.29 is 17.6 Å². The molecule has 2 atom stereocenters. The van der Waals surface area contributed by atoms with Gasteiger partial charge in [0.25, 0.3) is 0 Å². The standard InChI is InChI=1S/C11H16N2O5S2/c1-8(19(2)16)7-12-9-5-4-6-10(20(3,17)18)11(9)13(14)15/h4-6,8,12H,7H2,1-3H3. The molecule has 0 amide bonds. The zero-order valence-corrected chi connectivity index (χ0v) is 13.0. The Balaban J connectivity index is 3.21. The highest BCUT2D eigenvalue weighted by molar-refractivity contribution is 7.90. The number of anilines is 1. The van der Waals surface area contributed by atoms with Gasteiger partial charge in [-0.3, -0.25) is 14.3 Å². The maximum atomic E-state index is 11.6. The van der Waals surface area contributed by atoms with Crippen molar-refractivity contribution in [3.63, 3.8) is 0 Å². The van der Waals surface area contributed by atoms with E-state index in [0.717, 1.165) is 6.26 Å². The van der Waals surface area contributed by atoms with E-state index in [1.165, 1.54) is 24.5 Å². The molecule has 9 heteroatoms. The number of nitrogens with zero attached hydrogens (tertiary/aromatic N) is 1. The zero-order chi connectivity index (χ0) is 15.5. The fourth-order valence-electron chi connectivity index (χ4n) is 1.52. The Morgan fingerprint density at radius 1 is 1.45 bits per heavy atom. The minimum atomic E-state index is -3.70. The lowest BCUT2D eigenvalue weighted by atomic mass is 10.2. The third-order valence-corrected chi connectivity index (χ3v) is 5.16. The van der Waals surface area contributed by atoms with Crippen LogP contribution in [0.15, 0.2) is 23.1 Å². The molecule has 0 saturated carbocycles. The molecule has 0 aliphatic rings. The molecule has 0 fully saturated rings. The average molecular weight is 320 g/mol. The Morgan fingerprint density at radius 3 is 2.50 bits per heavy atom. The number of hydrogen-bond donors (Lipinski definition) is 1. The molecular formula is C11H16N2O5S2. The molecule has 1 N–H and O–H groups in total. The van der Waals surface area contributed by atoms with Gasteiger partial charge in [-0.1, -0.05) is 6.07 Å². The minimum absolute atomic E-state index is 0.107. The van der Waals surface area contributed by atoms with Gasteiger partial charge in [0.15, 0.2) is 9.84 Å². The normalized spacial score (nSPS) is 14.6. The largest absolute Gasteiger partial charge is 0.378 e. The first-order valence-corrected chi connectivity index (χ1v) is 9.19. The average Bonchev–Trinajstić information content (AvgIpc) is 2.33. The van der Waals surface area contributed by atoms with Gasteiger partial charge in [0, 0.05) is 35.1 Å². The molecule has 1 aromatic rings. The van der Waals surface area contributed by atoms with Crippen LogP contribution in [0.1, 0.15) is 6.92 Å². The van der Waals surface area contributed by atoms with Crippen LogP contribution in [0.4, 0.5) is 11.4 Å². The molecule has 1 aromatic carbocycles. The SMILES string of the molecule is CC(CNc1cccc(S(C)(=O)=O)c1[N+](=O)[O-])S(C)=O. The lowest BCUT2D eigenvalue weighted by molar-refractivity contribution is -0.386. The Morgan fingerprint density at radius 2 is 2.05 bits per heavy atom. The fraction of sp³-hybridized carbons (Fsp3) is 0.455. The second-order valence-electron chi connectivity index (χ2n) is 4.37. The van der Waals surface area contributed by atoms with Gasteiger partial charge in [0.05, 0.1) is 4.92 Å². The molecule has 0 aliphatic carbocycles. The summed E-state index contributed by atoms with van der Waals surface area (Å²) in [5.74, 6) is 0. The minimum Gasteiger partial charge on any atom is -0.378 e. The van der Waals surface area contributed by atoms with E-state index in [2.05, 4.69) is 5.32 Å². The van der Waals surface area contributed by atoms with Crippen molar-refractivity contribution in [1.82, 2.24) is 0 Å². The number of sulfone groups is 1. The Bertz CT molecular complexity index is 642. The third kappa shape index (κ3) is 4.01. The smallest absolute Gasteiger partial charge is 0.310 e. The van der Waals surface area contributed by atoms with Crippen LogP contribution in [0.2, 0.25) is 0 Å². The van der Waals surface area contributed by atoms with E-state index in [1.54, 1.807) is 6.92 Å². The first kappa shape index (κ1) is 16.6. The lowest BCUT2D eigenvalue weighted by Crippen LogP contribution is -2.21. The van der Waals surface area contributed by atoms with Crippen LogP contribution in [0, 0.1) is 10.1 Å². The zero-order valence-electron chi connectivity index (χ0n) is 11.3. The highest BCUT2D eigenvalue weighted by Crippen LogP contribution is 2.31. The van der Waals surface area contributed by atoms with Gasteiger partial charge in [-0.15, -0.1) is 0 Å². The van der Waals surface area contributed by atoms with Crippen LogP contribution in [0.3, 0.4) is 0 Å². The summed E-state index contributed by atoms with van der Waals surface area (Å²) in [5.41, 5.74) is -0.376. The van der Waals surface area contributed by atoms with E-state index in [1.807, 2.05) is 0 Å². The van der Waals surface area contributed by atoms with E-state index in [9.17, 15) is 22.7 Å². The molecule has 0 saturated heterocycles. The number of rotatable bonds is 6. The van der Waals surface area contributed by atoms with E-state index >= 15 is 0 Å². The number of nitro benzene ring substituents is 1. The van der Waals surface area contributed by atoms with Crippen LogP contribution < -0.4 is 5.32 Å². The van der Waals surface area contributed by atoms with Gasteiger partial charge in [0.2, 0.25) is 0 Å². The van der Waals surface area contributed by atoms with Gasteiger partial charge >= 0.3 is 5.69 Å². The highest BCUT2D eigenvalue weighted by atomic mass is 32.2. The predicted octanol–water partition coefficient (Wildman–Crippen LogP) is 1.18. The number of nitro groups is 1. The number of benzene rings is 1. The Kier molecular flexibility index (Phi) is 5.23. The second kappa shape index (κ2) is 6.31. The summed E-state index contributed by atoms with van der Waals surface area (Å²) < 4.78 is 34.4. The first-order chi connectivity index (χ1) is 9.14. The van der Waals surface area contributed by atoms with Crippen LogP contribution in [0.25, 0.3) is 0 Å². The fourth-order valence-corrected chi connectivity index (χ4v) is 2.70. The summed E-state index contributed by atoms with van der Waals surface area (Å²) in [7, 11) is -4.77. The molecule has 0 aliphatic heterocycles. The molecule has 1 rings (SSSR count). The topological polar surface area (TPSA) is 106 Å². The Hall–Kier alpha value is -1.48. The lowest BCUT2D eigenvalue weighted by Gasteiger charge is -2.12. The number of nitrogens with one attached hydrogen (secondary N) is 1. The third-order valence-electron chi connectivity index (χ3n) is 2.73. The summed E-state index contributed by atoms with van der Waals surface area (Å²) in [5, 5.41) is 13.7. The molecule has 2 unspecified atom stereocenters. The molecule has 0 aromatic heterocycles. The van der Waals surface area contributed by atoms with Gasteiger partial charge < -0.3 is 5.32 Å². The number of para-hydroxylation sites is 1. The van der Waals surface area contributed by atoms with Crippen molar-refractivity contribution in [3.05, 3.63) is 28.3 Å².